The van der Waals surface area contributed by atoms with Crippen molar-refractivity contribution >= 4 is 35.0 Å². The third-order valence-electron chi connectivity index (χ3n) is 6.14. The average Bonchev–Trinajstić information content (AvgIpc) is 3.28. The molecule has 220 valence electrons. The predicted molar refractivity (Wildman–Crippen MR) is 154 cm³/mol. The van der Waals surface area contributed by atoms with Gasteiger partial charge in [-0.25, -0.2) is 14.4 Å². The molecule has 3 rings (SSSR count). The van der Waals surface area contributed by atoms with Crippen LogP contribution in [0.1, 0.15) is 52.2 Å². The van der Waals surface area contributed by atoms with Crippen LogP contribution in [0.3, 0.4) is 0 Å². The van der Waals surface area contributed by atoms with Crippen LogP contribution in [0.4, 0.5) is 9.59 Å². The van der Waals surface area contributed by atoms with Crippen LogP contribution < -0.4 is 10.6 Å². The molecule has 1 aromatic heterocycles. The number of nitrogens with one attached hydrogen (secondary N) is 2. The molecule has 10 heteroatoms. The van der Waals surface area contributed by atoms with E-state index < -0.39 is 41.7 Å². The van der Waals surface area contributed by atoms with Gasteiger partial charge in [0.1, 0.15) is 24.3 Å². The van der Waals surface area contributed by atoms with Gasteiger partial charge >= 0.3 is 18.2 Å². The molecule has 2 amide bonds. The van der Waals surface area contributed by atoms with Crippen LogP contribution in [0.15, 0.2) is 60.8 Å². The Labute approximate surface area is 240 Å². The highest BCUT2D eigenvalue weighted by Gasteiger charge is 2.30. The average molecular weight is 566 g/mol. The van der Waals surface area contributed by atoms with Crippen LogP contribution in [0.5, 0.6) is 0 Å². The number of fused-ring (bicyclic) bond motifs is 1. The van der Waals surface area contributed by atoms with E-state index in [1.165, 1.54) is 11.7 Å². The molecule has 0 unspecified atom stereocenters. The summed E-state index contributed by atoms with van der Waals surface area (Å²) in [4.78, 5) is 51.6. The lowest BCUT2D eigenvalue weighted by Crippen LogP contribution is -2.53. The second-order valence-electron chi connectivity index (χ2n) is 11.2. The van der Waals surface area contributed by atoms with E-state index in [0.29, 0.717) is 17.5 Å². The number of hydrogen-bond donors (Lipinski definition) is 2. The van der Waals surface area contributed by atoms with Gasteiger partial charge in [0, 0.05) is 18.0 Å². The van der Waals surface area contributed by atoms with Crippen molar-refractivity contribution in [2.45, 2.75) is 71.8 Å². The maximum absolute atomic E-state index is 13.4. The summed E-state index contributed by atoms with van der Waals surface area (Å²) in [6, 6.07) is 14.4. The zero-order valence-corrected chi connectivity index (χ0v) is 24.4. The molecular weight excluding hydrogens is 526 g/mol. The van der Waals surface area contributed by atoms with Gasteiger partial charge in [-0.05, 0) is 50.3 Å². The number of aromatic nitrogens is 1. The molecule has 0 spiro atoms. The number of amides is 2. The highest BCUT2D eigenvalue weighted by molar-refractivity contribution is 5.93. The van der Waals surface area contributed by atoms with Crippen molar-refractivity contribution < 1.29 is 33.4 Å². The third-order valence-corrected chi connectivity index (χ3v) is 6.14. The topological polar surface area (TPSA) is 125 Å². The normalized spacial score (nSPS) is 12.9. The van der Waals surface area contributed by atoms with E-state index in [4.69, 9.17) is 14.2 Å². The van der Waals surface area contributed by atoms with Gasteiger partial charge in [-0.15, -0.1) is 0 Å². The third kappa shape index (κ3) is 9.09. The molecule has 0 saturated heterocycles. The lowest BCUT2D eigenvalue weighted by molar-refractivity contribution is -0.145. The van der Waals surface area contributed by atoms with E-state index in [9.17, 15) is 19.2 Å². The first-order valence-electron chi connectivity index (χ1n) is 13.6. The Kier molecular flexibility index (Phi) is 10.5. The molecule has 2 N–H and O–H groups in total. The standard InChI is InChI=1S/C31H39N3O7/c1-20(2)16-24(33-29(37)40-19-21-12-8-7-9-13-21)27(35)32-25(28(36)39-6)17-22-18-34(30(38)41-31(3,4)5)26-15-11-10-14-23(22)26/h7-15,18,20,24-25H,16-17,19H2,1-6H3,(H,32,35)(H,33,37)/t24-,25+/m1/s1. The number of rotatable bonds is 10. The molecule has 1 heterocycles. The maximum Gasteiger partial charge on any atom is 0.419 e. The lowest BCUT2D eigenvalue weighted by atomic mass is 10.0. The first kappa shape index (κ1) is 31.2. The number of carbonyl (C=O) groups excluding carboxylic acids is 4. The summed E-state index contributed by atoms with van der Waals surface area (Å²) in [6.45, 7) is 9.22. The summed E-state index contributed by atoms with van der Waals surface area (Å²) >= 11 is 0. The Morgan fingerprint density at radius 3 is 2.20 bits per heavy atom. The van der Waals surface area contributed by atoms with Crippen LogP contribution in [-0.4, -0.2) is 53.4 Å². The number of carbonyl (C=O) groups is 4. The summed E-state index contributed by atoms with van der Waals surface area (Å²) in [6.07, 6.45) is 0.657. The van der Waals surface area contributed by atoms with Gasteiger partial charge < -0.3 is 24.8 Å². The van der Waals surface area contributed by atoms with Crippen molar-refractivity contribution in [3.63, 3.8) is 0 Å². The van der Waals surface area contributed by atoms with E-state index in [2.05, 4.69) is 10.6 Å². The van der Waals surface area contributed by atoms with Gasteiger partial charge in [0.15, 0.2) is 0 Å². The van der Waals surface area contributed by atoms with Gasteiger partial charge in [-0.1, -0.05) is 62.4 Å². The number of esters is 1. The lowest BCUT2D eigenvalue weighted by Gasteiger charge is -2.23. The van der Waals surface area contributed by atoms with Crippen LogP contribution in [0.25, 0.3) is 10.9 Å². The van der Waals surface area contributed by atoms with E-state index in [1.807, 2.05) is 56.3 Å². The van der Waals surface area contributed by atoms with E-state index in [1.54, 1.807) is 39.1 Å². The predicted octanol–water partition coefficient (Wildman–Crippen LogP) is 4.97. The van der Waals surface area contributed by atoms with Crippen molar-refractivity contribution in [2.24, 2.45) is 5.92 Å². The van der Waals surface area contributed by atoms with Crippen molar-refractivity contribution in [3.8, 4) is 0 Å². The molecule has 2 aromatic carbocycles. The van der Waals surface area contributed by atoms with E-state index in [-0.39, 0.29) is 18.9 Å². The van der Waals surface area contributed by atoms with Gasteiger partial charge in [-0.3, -0.25) is 9.36 Å². The fraction of sp³-hybridized carbons (Fsp3) is 0.419. The molecular formula is C31H39N3O7. The minimum atomic E-state index is -1.08. The largest absolute Gasteiger partial charge is 0.467 e. The molecule has 10 nitrogen and oxygen atoms in total. The SMILES string of the molecule is COC(=O)[C@H](Cc1cn(C(=O)OC(C)(C)C)c2ccccc12)NC(=O)[C@@H](CC(C)C)NC(=O)OCc1ccccc1. The fourth-order valence-corrected chi connectivity index (χ4v) is 4.31. The minimum Gasteiger partial charge on any atom is -0.467 e. The van der Waals surface area contributed by atoms with Gasteiger partial charge in [0.05, 0.1) is 12.6 Å². The van der Waals surface area contributed by atoms with Gasteiger partial charge in [0.25, 0.3) is 0 Å². The summed E-state index contributed by atoms with van der Waals surface area (Å²) in [5, 5.41) is 6.08. The number of alkyl carbamates (subject to hydrolysis) is 1. The second-order valence-corrected chi connectivity index (χ2v) is 11.2. The van der Waals surface area contributed by atoms with Crippen LogP contribution >= 0.6 is 0 Å². The summed E-state index contributed by atoms with van der Waals surface area (Å²) in [5.74, 6) is -1.16. The highest BCUT2D eigenvalue weighted by atomic mass is 16.6. The summed E-state index contributed by atoms with van der Waals surface area (Å²) in [7, 11) is 1.23. The molecule has 0 radical (unpaired) electrons. The zero-order chi connectivity index (χ0) is 30.2. The monoisotopic (exact) mass is 565 g/mol. The molecule has 0 aliphatic heterocycles. The summed E-state index contributed by atoms with van der Waals surface area (Å²) < 4.78 is 17.2. The number of methoxy groups -OCH3 is 1. The molecule has 2 atom stereocenters. The molecule has 3 aromatic rings. The number of nitrogens with zero attached hydrogens (tertiary/aromatic N) is 1. The minimum absolute atomic E-state index is 0.0432. The number of ether oxygens (including phenoxy) is 3. The Morgan fingerprint density at radius 2 is 1.56 bits per heavy atom. The number of para-hydroxylation sites is 1. The van der Waals surface area contributed by atoms with Crippen LogP contribution in [0.2, 0.25) is 0 Å². The van der Waals surface area contributed by atoms with E-state index in [0.717, 1.165) is 10.9 Å². The van der Waals surface area contributed by atoms with Crippen LogP contribution in [-0.2, 0) is 36.8 Å². The first-order chi connectivity index (χ1) is 19.4. The molecule has 0 bridgehead atoms. The molecule has 0 saturated carbocycles. The molecule has 0 aliphatic rings. The van der Waals surface area contributed by atoms with Crippen molar-refractivity contribution in [2.75, 3.05) is 7.11 Å². The Morgan fingerprint density at radius 1 is 0.902 bits per heavy atom. The Hall–Kier alpha value is -4.34. The van der Waals surface area contributed by atoms with Crippen LogP contribution in [0, 0.1) is 5.92 Å². The zero-order valence-electron chi connectivity index (χ0n) is 24.4. The highest BCUT2D eigenvalue weighted by Crippen LogP contribution is 2.24. The van der Waals surface area contributed by atoms with Crippen molar-refractivity contribution in [1.82, 2.24) is 15.2 Å². The molecule has 41 heavy (non-hydrogen) atoms. The fourth-order valence-electron chi connectivity index (χ4n) is 4.31. The smallest absolute Gasteiger partial charge is 0.419 e. The van der Waals surface area contributed by atoms with Gasteiger partial charge in [-0.2, -0.15) is 0 Å². The summed E-state index contributed by atoms with van der Waals surface area (Å²) in [5.41, 5.74) is 1.35. The number of benzene rings is 2. The second kappa shape index (κ2) is 13.8. The van der Waals surface area contributed by atoms with Crippen molar-refractivity contribution in [1.29, 1.82) is 0 Å². The Bertz CT molecular complexity index is 1360. The van der Waals surface area contributed by atoms with E-state index >= 15 is 0 Å². The molecule has 0 fully saturated rings. The van der Waals surface area contributed by atoms with Crippen molar-refractivity contribution in [3.05, 3.63) is 71.9 Å². The maximum atomic E-state index is 13.4. The first-order valence-corrected chi connectivity index (χ1v) is 13.6. The quantitative estimate of drug-likeness (QED) is 0.263. The number of hydrogen-bond acceptors (Lipinski definition) is 7. The Balaban J connectivity index is 1.79. The van der Waals surface area contributed by atoms with Gasteiger partial charge in [0.2, 0.25) is 5.91 Å². The molecule has 0 aliphatic carbocycles.